The molecule has 2 aliphatic rings. The number of piperazine rings is 1. The lowest BCUT2D eigenvalue weighted by Crippen LogP contribution is -2.49. The fraction of sp³-hybridized carbons (Fsp3) is 0.520. The minimum atomic E-state index is 0.104. The van der Waals surface area contributed by atoms with Crippen LogP contribution < -0.4 is 10.2 Å². The molecule has 3 heterocycles. The van der Waals surface area contributed by atoms with E-state index in [-0.39, 0.29) is 5.91 Å². The SMILES string of the molecule is CC1CCCN(Cc2ccccc2CNC(=O)CN2CCN(c3ccccn3)CC2)C1. The Morgan fingerprint density at radius 1 is 1.00 bits per heavy atom. The van der Waals surface area contributed by atoms with Crippen molar-refractivity contribution in [3.63, 3.8) is 0 Å². The Labute approximate surface area is 186 Å². The number of nitrogens with zero attached hydrogens (tertiary/aromatic N) is 4. The quantitative estimate of drug-likeness (QED) is 0.745. The Hall–Kier alpha value is -2.44. The molecule has 1 unspecified atom stereocenters. The molecule has 6 heteroatoms. The van der Waals surface area contributed by atoms with Crippen LogP contribution in [0.3, 0.4) is 0 Å². The van der Waals surface area contributed by atoms with Crippen LogP contribution in [0.2, 0.25) is 0 Å². The molecule has 166 valence electrons. The summed E-state index contributed by atoms with van der Waals surface area (Å²) in [5.41, 5.74) is 2.56. The minimum absolute atomic E-state index is 0.104. The second-order valence-electron chi connectivity index (χ2n) is 8.98. The van der Waals surface area contributed by atoms with Crippen LogP contribution in [0.15, 0.2) is 48.7 Å². The number of hydrogen-bond donors (Lipinski definition) is 1. The Bertz CT molecular complexity index is 835. The van der Waals surface area contributed by atoms with Crippen LogP contribution in [0, 0.1) is 5.92 Å². The lowest BCUT2D eigenvalue weighted by Gasteiger charge is -2.35. The number of aromatic nitrogens is 1. The van der Waals surface area contributed by atoms with E-state index in [9.17, 15) is 4.79 Å². The van der Waals surface area contributed by atoms with E-state index in [1.54, 1.807) is 0 Å². The van der Waals surface area contributed by atoms with Crippen molar-refractivity contribution in [2.24, 2.45) is 5.92 Å². The van der Waals surface area contributed by atoms with Gasteiger partial charge in [0.2, 0.25) is 5.91 Å². The second-order valence-corrected chi connectivity index (χ2v) is 8.98. The first-order valence-corrected chi connectivity index (χ1v) is 11.6. The lowest BCUT2D eigenvalue weighted by atomic mass is 9.99. The van der Waals surface area contributed by atoms with E-state index in [1.807, 2.05) is 24.4 Å². The van der Waals surface area contributed by atoms with Gasteiger partial charge >= 0.3 is 0 Å². The average molecular weight is 422 g/mol. The van der Waals surface area contributed by atoms with Gasteiger partial charge in [-0.25, -0.2) is 4.98 Å². The van der Waals surface area contributed by atoms with Crippen LogP contribution in [0.5, 0.6) is 0 Å². The highest BCUT2D eigenvalue weighted by Crippen LogP contribution is 2.19. The predicted octanol–water partition coefficient (Wildman–Crippen LogP) is 2.75. The van der Waals surface area contributed by atoms with Gasteiger partial charge < -0.3 is 10.2 Å². The molecule has 0 radical (unpaired) electrons. The third kappa shape index (κ3) is 6.28. The molecule has 1 aromatic carbocycles. The molecule has 0 aliphatic carbocycles. The van der Waals surface area contributed by atoms with E-state index >= 15 is 0 Å². The molecule has 2 aliphatic heterocycles. The summed E-state index contributed by atoms with van der Waals surface area (Å²) in [6, 6.07) is 14.5. The number of carbonyl (C=O) groups is 1. The summed E-state index contributed by atoms with van der Waals surface area (Å²) >= 11 is 0. The third-order valence-electron chi connectivity index (χ3n) is 6.44. The molecule has 4 rings (SSSR count). The molecular formula is C25H35N5O. The first-order valence-electron chi connectivity index (χ1n) is 11.6. The Morgan fingerprint density at radius 2 is 1.77 bits per heavy atom. The number of hydrogen-bond acceptors (Lipinski definition) is 5. The molecule has 1 atom stereocenters. The van der Waals surface area contributed by atoms with Crippen LogP contribution in [0.1, 0.15) is 30.9 Å². The number of anilines is 1. The lowest BCUT2D eigenvalue weighted by molar-refractivity contribution is -0.122. The second kappa shape index (κ2) is 10.7. The summed E-state index contributed by atoms with van der Waals surface area (Å²) in [5.74, 6) is 1.90. The van der Waals surface area contributed by atoms with Crippen molar-refractivity contribution in [1.82, 2.24) is 20.1 Å². The van der Waals surface area contributed by atoms with Gasteiger partial charge in [0.1, 0.15) is 5.82 Å². The number of likely N-dealkylation sites (tertiary alicyclic amines) is 1. The van der Waals surface area contributed by atoms with Crippen LogP contribution in [0.25, 0.3) is 0 Å². The standard InChI is InChI=1S/C25H35N5O/c1-21-7-6-12-29(18-21)19-23-9-3-2-8-22(23)17-27-25(31)20-28-13-15-30(16-14-28)24-10-4-5-11-26-24/h2-5,8-11,21H,6-7,12-20H2,1H3,(H,27,31). The van der Waals surface area contributed by atoms with Crippen molar-refractivity contribution in [3.8, 4) is 0 Å². The summed E-state index contributed by atoms with van der Waals surface area (Å²) in [6.45, 7) is 10.3. The summed E-state index contributed by atoms with van der Waals surface area (Å²) in [4.78, 5) is 24.1. The van der Waals surface area contributed by atoms with Crippen LogP contribution in [-0.2, 0) is 17.9 Å². The molecule has 2 fully saturated rings. The van der Waals surface area contributed by atoms with Gasteiger partial charge in [0.15, 0.2) is 0 Å². The average Bonchev–Trinajstić information content (AvgIpc) is 2.80. The molecule has 1 aromatic heterocycles. The zero-order valence-electron chi connectivity index (χ0n) is 18.7. The fourth-order valence-electron chi connectivity index (χ4n) is 4.68. The number of benzene rings is 1. The van der Waals surface area contributed by atoms with Gasteiger partial charge in [-0.1, -0.05) is 37.3 Å². The van der Waals surface area contributed by atoms with Gasteiger partial charge in [0.25, 0.3) is 0 Å². The number of rotatable bonds is 7. The molecule has 6 nitrogen and oxygen atoms in total. The van der Waals surface area contributed by atoms with E-state index < -0.39 is 0 Å². The predicted molar refractivity (Wildman–Crippen MR) is 125 cm³/mol. The highest BCUT2D eigenvalue weighted by atomic mass is 16.2. The third-order valence-corrected chi connectivity index (χ3v) is 6.44. The van der Waals surface area contributed by atoms with Gasteiger partial charge in [-0.05, 0) is 48.6 Å². The normalized spacial score (nSPS) is 20.5. The molecule has 31 heavy (non-hydrogen) atoms. The van der Waals surface area contributed by atoms with Crippen molar-refractivity contribution in [2.75, 3.05) is 50.7 Å². The zero-order chi connectivity index (χ0) is 21.5. The zero-order valence-corrected chi connectivity index (χ0v) is 18.7. The Balaban J connectivity index is 1.23. The van der Waals surface area contributed by atoms with E-state index in [4.69, 9.17) is 0 Å². The Kier molecular flexibility index (Phi) is 7.54. The molecule has 2 aromatic rings. The molecular weight excluding hydrogens is 386 g/mol. The highest BCUT2D eigenvalue weighted by Gasteiger charge is 2.20. The largest absolute Gasteiger partial charge is 0.354 e. The molecule has 0 bridgehead atoms. The maximum atomic E-state index is 12.6. The van der Waals surface area contributed by atoms with Crippen molar-refractivity contribution in [1.29, 1.82) is 0 Å². The molecule has 1 amide bonds. The molecule has 0 spiro atoms. The first-order chi connectivity index (χ1) is 15.2. The van der Waals surface area contributed by atoms with Crippen molar-refractivity contribution in [3.05, 3.63) is 59.8 Å². The van der Waals surface area contributed by atoms with Crippen molar-refractivity contribution >= 4 is 11.7 Å². The maximum absolute atomic E-state index is 12.6. The van der Waals surface area contributed by atoms with Gasteiger partial charge in [0, 0.05) is 52.0 Å². The number of piperidine rings is 1. The fourth-order valence-corrected chi connectivity index (χ4v) is 4.68. The van der Waals surface area contributed by atoms with Gasteiger partial charge in [-0.15, -0.1) is 0 Å². The molecule has 2 saturated heterocycles. The number of pyridine rings is 1. The maximum Gasteiger partial charge on any atom is 0.234 e. The number of nitrogens with one attached hydrogen (secondary N) is 1. The summed E-state index contributed by atoms with van der Waals surface area (Å²) in [5, 5.41) is 3.15. The topological polar surface area (TPSA) is 51.7 Å². The monoisotopic (exact) mass is 421 g/mol. The van der Waals surface area contributed by atoms with E-state index in [1.165, 1.54) is 37.1 Å². The van der Waals surface area contributed by atoms with Gasteiger partial charge in [-0.3, -0.25) is 14.6 Å². The molecule has 0 saturated carbocycles. The van der Waals surface area contributed by atoms with Crippen molar-refractivity contribution < 1.29 is 4.79 Å². The van der Waals surface area contributed by atoms with E-state index in [2.05, 4.69) is 56.2 Å². The first kappa shape index (κ1) is 21.8. The Morgan fingerprint density at radius 3 is 2.52 bits per heavy atom. The summed E-state index contributed by atoms with van der Waals surface area (Å²) in [6.07, 6.45) is 4.46. The van der Waals surface area contributed by atoms with E-state index in [0.717, 1.165) is 44.5 Å². The smallest absolute Gasteiger partial charge is 0.234 e. The van der Waals surface area contributed by atoms with Gasteiger partial charge in [0.05, 0.1) is 6.54 Å². The van der Waals surface area contributed by atoms with E-state index in [0.29, 0.717) is 13.1 Å². The molecule has 1 N–H and O–H groups in total. The summed E-state index contributed by atoms with van der Waals surface area (Å²) in [7, 11) is 0. The minimum Gasteiger partial charge on any atom is -0.354 e. The van der Waals surface area contributed by atoms with Crippen LogP contribution in [-0.4, -0.2) is 66.5 Å². The van der Waals surface area contributed by atoms with Crippen LogP contribution >= 0.6 is 0 Å². The highest BCUT2D eigenvalue weighted by molar-refractivity contribution is 5.78. The van der Waals surface area contributed by atoms with Crippen LogP contribution in [0.4, 0.5) is 5.82 Å². The number of amides is 1. The van der Waals surface area contributed by atoms with Crippen molar-refractivity contribution in [2.45, 2.75) is 32.9 Å². The van der Waals surface area contributed by atoms with Gasteiger partial charge in [-0.2, -0.15) is 0 Å². The number of carbonyl (C=O) groups excluding carboxylic acids is 1. The summed E-state index contributed by atoms with van der Waals surface area (Å²) < 4.78 is 0.